The zero-order chi connectivity index (χ0) is 16.9. The molecule has 0 aromatic carbocycles. The normalized spacial score (nSPS) is 17.5. The summed E-state index contributed by atoms with van der Waals surface area (Å²) in [6, 6.07) is 5.18. The van der Waals surface area contributed by atoms with E-state index in [0.717, 1.165) is 23.5 Å². The van der Waals surface area contributed by atoms with Crippen LogP contribution >= 0.6 is 11.3 Å². The van der Waals surface area contributed by atoms with Gasteiger partial charge in [-0.05, 0) is 31.4 Å². The van der Waals surface area contributed by atoms with Gasteiger partial charge in [0, 0.05) is 18.1 Å². The molecule has 0 radical (unpaired) electrons. The van der Waals surface area contributed by atoms with Gasteiger partial charge in [-0.25, -0.2) is 9.78 Å². The van der Waals surface area contributed by atoms with Crippen molar-refractivity contribution >= 4 is 23.2 Å². The molecule has 0 spiro atoms. The summed E-state index contributed by atoms with van der Waals surface area (Å²) in [5.74, 6) is -0.418. The molecule has 1 aliphatic rings. The highest BCUT2D eigenvalue weighted by molar-refractivity contribution is 7.13. The lowest BCUT2D eigenvalue weighted by molar-refractivity contribution is -0.154. The first kappa shape index (κ1) is 16.6. The molecule has 0 bridgehead atoms. The van der Waals surface area contributed by atoms with E-state index in [-0.39, 0.29) is 18.3 Å². The number of thiazole rings is 1. The zero-order valence-corrected chi connectivity index (χ0v) is 14.3. The van der Waals surface area contributed by atoms with E-state index < -0.39 is 6.04 Å². The van der Waals surface area contributed by atoms with E-state index in [0.29, 0.717) is 18.7 Å². The summed E-state index contributed by atoms with van der Waals surface area (Å²) >= 11 is 1.47. The highest BCUT2D eigenvalue weighted by Crippen LogP contribution is 2.23. The molecule has 3 rings (SSSR count). The highest BCUT2D eigenvalue weighted by atomic mass is 32.1. The summed E-state index contributed by atoms with van der Waals surface area (Å²) < 4.78 is 4.83. The number of carbonyl (C=O) groups excluding carboxylic acids is 2. The van der Waals surface area contributed by atoms with Crippen LogP contribution in [0.1, 0.15) is 25.0 Å². The van der Waals surface area contributed by atoms with Crippen molar-refractivity contribution in [1.29, 1.82) is 0 Å². The number of piperidine rings is 1. The molecule has 24 heavy (non-hydrogen) atoms. The number of likely N-dealkylation sites (tertiary alicyclic amines) is 1. The van der Waals surface area contributed by atoms with E-state index in [1.807, 2.05) is 23.6 Å². The number of methoxy groups -OCH3 is 1. The predicted octanol–water partition coefficient (Wildman–Crippen LogP) is 2.30. The maximum atomic E-state index is 12.6. The first-order chi connectivity index (χ1) is 11.7. The fourth-order valence-electron chi connectivity index (χ4n) is 2.86. The smallest absolute Gasteiger partial charge is 0.328 e. The van der Waals surface area contributed by atoms with Crippen LogP contribution in [0.3, 0.4) is 0 Å². The molecule has 2 aromatic heterocycles. The average molecular weight is 345 g/mol. The van der Waals surface area contributed by atoms with Crippen LogP contribution < -0.4 is 0 Å². The fraction of sp³-hybridized carbons (Fsp3) is 0.412. The van der Waals surface area contributed by atoms with Crippen molar-refractivity contribution in [2.45, 2.75) is 31.7 Å². The standard InChI is InChI=1S/C17H19N3O3S/c1-23-17(22)14-7-3-5-9-20(14)15(21)10-12-11-24-16(19-12)13-6-2-4-8-18-13/h2,4,6,8,11,14H,3,5,7,9-10H2,1H3. The highest BCUT2D eigenvalue weighted by Gasteiger charge is 2.32. The number of carbonyl (C=O) groups is 2. The molecule has 1 saturated heterocycles. The van der Waals surface area contributed by atoms with Gasteiger partial charge in [-0.3, -0.25) is 9.78 Å². The van der Waals surface area contributed by atoms with Gasteiger partial charge in [0.15, 0.2) is 0 Å². The minimum absolute atomic E-state index is 0.0806. The monoisotopic (exact) mass is 345 g/mol. The molecule has 0 saturated carbocycles. The predicted molar refractivity (Wildman–Crippen MR) is 90.4 cm³/mol. The molecule has 6 nitrogen and oxygen atoms in total. The molecule has 0 aliphatic carbocycles. The largest absolute Gasteiger partial charge is 0.467 e. The quantitative estimate of drug-likeness (QED) is 0.795. The lowest BCUT2D eigenvalue weighted by atomic mass is 10.0. The summed E-state index contributed by atoms with van der Waals surface area (Å²) in [6.45, 7) is 0.593. The van der Waals surface area contributed by atoms with Crippen molar-refractivity contribution in [2.75, 3.05) is 13.7 Å². The van der Waals surface area contributed by atoms with Crippen molar-refractivity contribution in [1.82, 2.24) is 14.9 Å². The third-order valence-corrected chi connectivity index (χ3v) is 4.98. The molecule has 1 aliphatic heterocycles. The van der Waals surface area contributed by atoms with Gasteiger partial charge in [-0.2, -0.15) is 0 Å². The Balaban J connectivity index is 1.70. The minimum atomic E-state index is -0.467. The van der Waals surface area contributed by atoms with Crippen LogP contribution in [0.4, 0.5) is 0 Å². The molecular formula is C17H19N3O3S. The van der Waals surface area contributed by atoms with E-state index in [9.17, 15) is 9.59 Å². The second-order valence-corrected chi connectivity index (χ2v) is 6.52. The average Bonchev–Trinajstić information content (AvgIpc) is 3.10. The molecule has 2 aromatic rings. The van der Waals surface area contributed by atoms with E-state index in [1.54, 1.807) is 11.1 Å². The summed E-state index contributed by atoms with van der Waals surface area (Å²) in [4.78, 5) is 34.9. The Morgan fingerprint density at radius 1 is 1.38 bits per heavy atom. The number of nitrogens with zero attached hydrogens (tertiary/aromatic N) is 3. The number of pyridine rings is 1. The van der Waals surface area contributed by atoms with Crippen LogP contribution in [-0.4, -0.2) is 46.4 Å². The van der Waals surface area contributed by atoms with Gasteiger partial charge >= 0.3 is 5.97 Å². The number of ether oxygens (including phenoxy) is 1. The number of hydrogen-bond acceptors (Lipinski definition) is 6. The molecular weight excluding hydrogens is 326 g/mol. The van der Waals surface area contributed by atoms with Crippen molar-refractivity contribution in [3.05, 3.63) is 35.5 Å². The number of aromatic nitrogens is 2. The van der Waals surface area contributed by atoms with Crippen LogP contribution in [-0.2, 0) is 20.7 Å². The Morgan fingerprint density at radius 3 is 3.00 bits per heavy atom. The summed E-state index contributed by atoms with van der Waals surface area (Å²) in [5.41, 5.74) is 1.51. The Labute approximate surface area is 144 Å². The van der Waals surface area contributed by atoms with Crippen molar-refractivity contribution < 1.29 is 14.3 Å². The van der Waals surface area contributed by atoms with Gasteiger partial charge in [0.2, 0.25) is 5.91 Å². The number of amides is 1. The van der Waals surface area contributed by atoms with Crippen LogP contribution in [0.25, 0.3) is 10.7 Å². The summed E-state index contributed by atoms with van der Waals surface area (Å²) in [7, 11) is 1.36. The Hall–Kier alpha value is -2.28. The van der Waals surface area contributed by atoms with Crippen LogP contribution in [0.15, 0.2) is 29.8 Å². The van der Waals surface area contributed by atoms with Gasteiger partial charge in [0.05, 0.1) is 24.9 Å². The summed E-state index contributed by atoms with van der Waals surface area (Å²) in [6.07, 6.45) is 4.42. The SMILES string of the molecule is COC(=O)C1CCCCN1C(=O)Cc1csc(-c2ccccn2)n1. The van der Waals surface area contributed by atoms with Crippen molar-refractivity contribution in [2.24, 2.45) is 0 Å². The number of esters is 1. The second-order valence-electron chi connectivity index (χ2n) is 5.66. The molecule has 1 atom stereocenters. The first-order valence-electron chi connectivity index (χ1n) is 7.92. The minimum Gasteiger partial charge on any atom is -0.467 e. The maximum absolute atomic E-state index is 12.6. The Bertz CT molecular complexity index is 717. The molecule has 1 fully saturated rings. The van der Waals surface area contributed by atoms with Crippen LogP contribution in [0.2, 0.25) is 0 Å². The Morgan fingerprint density at radius 2 is 2.25 bits per heavy atom. The van der Waals surface area contributed by atoms with E-state index >= 15 is 0 Å². The molecule has 126 valence electrons. The van der Waals surface area contributed by atoms with Gasteiger partial charge < -0.3 is 9.64 Å². The Kier molecular flexibility index (Phi) is 5.20. The van der Waals surface area contributed by atoms with Crippen molar-refractivity contribution in [3.8, 4) is 10.7 Å². The maximum Gasteiger partial charge on any atom is 0.328 e. The topological polar surface area (TPSA) is 72.4 Å². The van der Waals surface area contributed by atoms with E-state index in [4.69, 9.17) is 4.74 Å². The second kappa shape index (κ2) is 7.53. The molecule has 3 heterocycles. The third kappa shape index (κ3) is 3.62. The third-order valence-electron chi connectivity index (χ3n) is 4.06. The van der Waals surface area contributed by atoms with E-state index in [1.165, 1.54) is 18.4 Å². The number of hydrogen-bond donors (Lipinski definition) is 0. The fourth-order valence-corrected chi connectivity index (χ4v) is 3.66. The lowest BCUT2D eigenvalue weighted by Gasteiger charge is -2.33. The van der Waals surface area contributed by atoms with Crippen LogP contribution in [0.5, 0.6) is 0 Å². The lowest BCUT2D eigenvalue weighted by Crippen LogP contribution is -2.49. The summed E-state index contributed by atoms with van der Waals surface area (Å²) in [5, 5.41) is 2.67. The van der Waals surface area contributed by atoms with Crippen molar-refractivity contribution in [3.63, 3.8) is 0 Å². The molecule has 7 heteroatoms. The van der Waals surface area contributed by atoms with Gasteiger partial charge in [0.1, 0.15) is 11.0 Å². The number of rotatable bonds is 4. The first-order valence-corrected chi connectivity index (χ1v) is 8.80. The molecule has 1 unspecified atom stereocenters. The van der Waals surface area contributed by atoms with E-state index in [2.05, 4.69) is 9.97 Å². The van der Waals surface area contributed by atoms with Gasteiger partial charge in [-0.1, -0.05) is 6.07 Å². The molecule has 0 N–H and O–H groups in total. The van der Waals surface area contributed by atoms with Gasteiger partial charge in [-0.15, -0.1) is 11.3 Å². The molecule has 1 amide bonds. The van der Waals surface area contributed by atoms with Gasteiger partial charge in [0.25, 0.3) is 0 Å². The zero-order valence-electron chi connectivity index (χ0n) is 13.5. The van der Waals surface area contributed by atoms with Crippen LogP contribution in [0, 0.1) is 0 Å².